The molecule has 2 aliphatic rings. The van der Waals surface area contributed by atoms with E-state index in [9.17, 15) is 10.1 Å². The number of rotatable bonds is 5. The van der Waals surface area contributed by atoms with Crippen molar-refractivity contribution < 1.29 is 14.3 Å². The lowest BCUT2D eigenvalue weighted by atomic mass is 9.64. The van der Waals surface area contributed by atoms with Crippen LogP contribution in [-0.4, -0.2) is 32.8 Å². The van der Waals surface area contributed by atoms with Crippen molar-refractivity contribution in [3.8, 4) is 11.8 Å². The molecule has 0 unspecified atom stereocenters. The van der Waals surface area contributed by atoms with Crippen LogP contribution in [-0.2, 0) is 14.9 Å². The molecule has 24 heavy (non-hydrogen) atoms. The summed E-state index contributed by atoms with van der Waals surface area (Å²) in [6.07, 6.45) is 4.24. The molecule has 0 aromatic heterocycles. The van der Waals surface area contributed by atoms with Gasteiger partial charge in [0.15, 0.2) is 0 Å². The first-order valence-electron chi connectivity index (χ1n) is 8.56. The van der Waals surface area contributed by atoms with Gasteiger partial charge in [-0.2, -0.15) is 5.26 Å². The fraction of sp³-hybridized carbons (Fsp3) is 0.579. The molecule has 2 fully saturated rings. The fourth-order valence-electron chi connectivity index (χ4n) is 3.64. The van der Waals surface area contributed by atoms with Gasteiger partial charge in [-0.15, -0.1) is 0 Å². The average Bonchev–Trinajstić information content (AvgIpc) is 2.61. The number of hydrogen-bond acceptors (Lipinski definition) is 4. The van der Waals surface area contributed by atoms with Gasteiger partial charge in [-0.05, 0) is 43.4 Å². The number of carbonyl (C=O) groups is 1. The predicted molar refractivity (Wildman–Crippen MR) is 89.6 cm³/mol. The van der Waals surface area contributed by atoms with E-state index in [1.807, 2.05) is 12.1 Å². The third-order valence-electron chi connectivity index (χ3n) is 5.60. The summed E-state index contributed by atoms with van der Waals surface area (Å²) in [7, 11) is 1.66. The number of nitrogens with zero attached hydrogens (tertiary/aromatic N) is 1. The molecule has 1 aliphatic heterocycles. The van der Waals surface area contributed by atoms with Crippen LogP contribution in [0.4, 0.5) is 0 Å². The molecule has 1 aliphatic carbocycles. The number of carbonyl (C=O) groups excluding carboxylic acids is 1. The van der Waals surface area contributed by atoms with Gasteiger partial charge >= 0.3 is 0 Å². The van der Waals surface area contributed by atoms with Gasteiger partial charge in [-0.25, -0.2) is 0 Å². The molecule has 3 rings (SSSR count). The molecule has 5 nitrogen and oxygen atoms in total. The highest BCUT2D eigenvalue weighted by atomic mass is 16.5. The minimum absolute atomic E-state index is 0.0102. The topological polar surface area (TPSA) is 71.3 Å². The second kappa shape index (κ2) is 6.82. The molecule has 0 bridgehead atoms. The Morgan fingerprint density at radius 3 is 2.42 bits per heavy atom. The van der Waals surface area contributed by atoms with Crippen LogP contribution < -0.4 is 10.1 Å². The van der Waals surface area contributed by atoms with E-state index in [2.05, 4.69) is 23.5 Å². The van der Waals surface area contributed by atoms with Gasteiger partial charge in [0.2, 0.25) is 5.91 Å². The second-order valence-corrected chi connectivity index (χ2v) is 6.85. The first-order valence-corrected chi connectivity index (χ1v) is 8.56. The minimum Gasteiger partial charge on any atom is -0.497 e. The van der Waals surface area contributed by atoms with Crippen LogP contribution in [0.25, 0.3) is 0 Å². The Hall–Kier alpha value is -2.06. The van der Waals surface area contributed by atoms with Crippen molar-refractivity contribution in [2.24, 2.45) is 5.41 Å². The number of nitrogens with one attached hydrogen (secondary N) is 1. The van der Waals surface area contributed by atoms with Crippen LogP contribution in [0.2, 0.25) is 0 Å². The Morgan fingerprint density at radius 1 is 1.25 bits per heavy atom. The summed E-state index contributed by atoms with van der Waals surface area (Å²) in [5, 5.41) is 12.6. The highest BCUT2D eigenvalue weighted by Crippen LogP contribution is 2.44. The van der Waals surface area contributed by atoms with Gasteiger partial charge in [0.05, 0.1) is 13.2 Å². The Bertz CT molecular complexity index is 623. The lowest BCUT2D eigenvalue weighted by Crippen LogP contribution is -2.50. The van der Waals surface area contributed by atoms with E-state index in [1.54, 1.807) is 7.11 Å². The average molecular weight is 328 g/mol. The Morgan fingerprint density at radius 2 is 1.92 bits per heavy atom. The van der Waals surface area contributed by atoms with E-state index < -0.39 is 5.41 Å². The molecular formula is C19H24N2O3. The number of amides is 1. The quantitative estimate of drug-likeness (QED) is 0.902. The molecule has 5 heteroatoms. The highest BCUT2D eigenvalue weighted by Gasteiger charge is 2.43. The van der Waals surface area contributed by atoms with Crippen LogP contribution >= 0.6 is 0 Å². The second-order valence-electron chi connectivity index (χ2n) is 6.85. The van der Waals surface area contributed by atoms with E-state index in [0.717, 1.165) is 18.6 Å². The normalized spacial score (nSPS) is 21.2. The summed E-state index contributed by atoms with van der Waals surface area (Å²) in [5.41, 5.74) is 0.292. The summed E-state index contributed by atoms with van der Waals surface area (Å²) in [6, 6.07) is 10.3. The van der Waals surface area contributed by atoms with Gasteiger partial charge in [0.25, 0.3) is 0 Å². The molecule has 1 amide bonds. The first-order chi connectivity index (χ1) is 11.6. The molecule has 1 saturated heterocycles. The molecule has 1 aromatic carbocycles. The van der Waals surface area contributed by atoms with Crippen LogP contribution in [0.5, 0.6) is 5.75 Å². The molecular weight excluding hydrogens is 304 g/mol. The largest absolute Gasteiger partial charge is 0.497 e. The van der Waals surface area contributed by atoms with E-state index in [4.69, 9.17) is 9.47 Å². The predicted octanol–water partition coefficient (Wildman–Crippen LogP) is 2.55. The number of hydrogen-bond donors (Lipinski definition) is 1. The standard InChI is InChI=1S/C19H24N2O3/c1-23-16-5-3-15(4-6-16)19(7-2-8-19)14-21-17(22)18(13-20)9-11-24-12-10-18/h3-6H,2,7-12,14H2,1H3,(H,21,22). The maximum atomic E-state index is 12.7. The smallest absolute Gasteiger partial charge is 0.240 e. The molecule has 1 saturated carbocycles. The van der Waals surface area contributed by atoms with Crippen molar-refractivity contribution in [1.82, 2.24) is 5.32 Å². The summed E-state index contributed by atoms with van der Waals surface area (Å²) < 4.78 is 10.5. The summed E-state index contributed by atoms with van der Waals surface area (Å²) >= 11 is 0. The highest BCUT2D eigenvalue weighted by molar-refractivity contribution is 5.85. The maximum absolute atomic E-state index is 12.7. The van der Waals surface area contributed by atoms with E-state index >= 15 is 0 Å². The molecule has 1 aromatic rings. The number of nitriles is 1. The zero-order valence-electron chi connectivity index (χ0n) is 14.1. The van der Waals surface area contributed by atoms with Gasteiger partial charge in [-0.3, -0.25) is 4.79 Å². The van der Waals surface area contributed by atoms with Crippen molar-refractivity contribution in [3.63, 3.8) is 0 Å². The summed E-state index contributed by atoms with van der Waals surface area (Å²) in [5.74, 6) is 0.691. The Balaban J connectivity index is 1.69. The summed E-state index contributed by atoms with van der Waals surface area (Å²) in [6.45, 7) is 1.54. The van der Waals surface area contributed by atoms with Crippen molar-refractivity contribution in [2.45, 2.75) is 37.5 Å². The molecule has 1 heterocycles. The number of benzene rings is 1. The first kappa shape index (κ1) is 16.8. The molecule has 128 valence electrons. The monoisotopic (exact) mass is 328 g/mol. The van der Waals surface area contributed by atoms with Gasteiger partial charge in [0, 0.05) is 25.2 Å². The van der Waals surface area contributed by atoms with Crippen molar-refractivity contribution in [3.05, 3.63) is 29.8 Å². The fourth-order valence-corrected chi connectivity index (χ4v) is 3.64. The maximum Gasteiger partial charge on any atom is 0.240 e. The molecule has 0 atom stereocenters. The number of ether oxygens (including phenoxy) is 2. The molecule has 0 spiro atoms. The lowest BCUT2D eigenvalue weighted by molar-refractivity contribution is -0.132. The van der Waals surface area contributed by atoms with E-state index in [1.165, 1.54) is 12.0 Å². The zero-order chi connectivity index (χ0) is 17.0. The van der Waals surface area contributed by atoms with Crippen LogP contribution in [0.1, 0.15) is 37.7 Å². The van der Waals surface area contributed by atoms with Gasteiger partial charge < -0.3 is 14.8 Å². The third kappa shape index (κ3) is 2.99. The number of methoxy groups -OCH3 is 1. The van der Waals surface area contributed by atoms with Crippen LogP contribution in [0.15, 0.2) is 24.3 Å². The van der Waals surface area contributed by atoms with Crippen molar-refractivity contribution >= 4 is 5.91 Å². The SMILES string of the molecule is COc1ccc(C2(CNC(=O)C3(C#N)CCOCC3)CCC2)cc1. The summed E-state index contributed by atoms with van der Waals surface area (Å²) in [4.78, 5) is 12.7. The lowest BCUT2D eigenvalue weighted by Gasteiger charge is -2.43. The van der Waals surface area contributed by atoms with Crippen molar-refractivity contribution in [2.75, 3.05) is 26.9 Å². The zero-order valence-corrected chi connectivity index (χ0v) is 14.1. The Kier molecular flexibility index (Phi) is 4.77. The van der Waals surface area contributed by atoms with Gasteiger partial charge in [0.1, 0.15) is 11.2 Å². The minimum atomic E-state index is -0.927. The molecule has 0 radical (unpaired) electrons. The van der Waals surface area contributed by atoms with Crippen molar-refractivity contribution in [1.29, 1.82) is 5.26 Å². The van der Waals surface area contributed by atoms with Gasteiger partial charge in [-0.1, -0.05) is 18.6 Å². The molecule has 1 N–H and O–H groups in total. The van der Waals surface area contributed by atoms with E-state index in [-0.39, 0.29) is 11.3 Å². The van der Waals surface area contributed by atoms with E-state index in [0.29, 0.717) is 32.6 Å². The van der Waals surface area contributed by atoms with Crippen LogP contribution in [0, 0.1) is 16.7 Å². The van der Waals surface area contributed by atoms with Crippen LogP contribution in [0.3, 0.4) is 0 Å². The Labute approximate surface area is 142 Å². The third-order valence-corrected chi connectivity index (χ3v) is 5.60.